The van der Waals surface area contributed by atoms with E-state index in [2.05, 4.69) is 4.99 Å². The number of amidine groups is 1. The third-order valence-corrected chi connectivity index (χ3v) is 3.18. The standard InChI is InChI=1S/C14H20FN3O/c1-9(2)18(7-11-8-19-14(16)17-11)13-5-4-10(3)6-12(13)15/h4-6,9,11H,7-8H2,1-3H3,(H2,16,17). The lowest BCUT2D eigenvalue weighted by atomic mass is 10.1. The molecule has 1 aliphatic rings. The van der Waals surface area contributed by atoms with E-state index in [4.69, 9.17) is 10.5 Å². The monoisotopic (exact) mass is 265 g/mol. The van der Waals surface area contributed by atoms with Gasteiger partial charge in [-0.05, 0) is 38.5 Å². The van der Waals surface area contributed by atoms with Crippen LogP contribution in [0.3, 0.4) is 0 Å². The highest BCUT2D eigenvalue weighted by molar-refractivity contribution is 5.73. The van der Waals surface area contributed by atoms with Gasteiger partial charge < -0.3 is 15.4 Å². The molecule has 0 spiro atoms. The Morgan fingerprint density at radius 3 is 2.79 bits per heavy atom. The SMILES string of the molecule is Cc1ccc(N(CC2COC(N)=N2)C(C)C)c(F)c1. The Morgan fingerprint density at radius 2 is 2.26 bits per heavy atom. The van der Waals surface area contributed by atoms with Crippen LogP contribution >= 0.6 is 0 Å². The lowest BCUT2D eigenvalue weighted by Gasteiger charge is -2.30. The molecule has 0 saturated carbocycles. The number of benzene rings is 1. The number of nitrogens with zero attached hydrogens (tertiary/aromatic N) is 2. The van der Waals surface area contributed by atoms with Crippen LogP contribution in [0.15, 0.2) is 23.2 Å². The predicted octanol–water partition coefficient (Wildman–Crippen LogP) is 2.06. The highest BCUT2D eigenvalue weighted by Crippen LogP contribution is 2.23. The highest BCUT2D eigenvalue weighted by atomic mass is 19.1. The van der Waals surface area contributed by atoms with Crippen molar-refractivity contribution in [3.05, 3.63) is 29.6 Å². The topological polar surface area (TPSA) is 50.9 Å². The third kappa shape index (κ3) is 3.16. The van der Waals surface area contributed by atoms with E-state index in [9.17, 15) is 4.39 Å². The first kappa shape index (κ1) is 13.6. The van der Waals surface area contributed by atoms with Crippen LogP contribution in [-0.2, 0) is 4.74 Å². The first-order valence-electron chi connectivity index (χ1n) is 6.46. The Hall–Kier alpha value is -1.78. The molecule has 19 heavy (non-hydrogen) atoms. The number of halogens is 1. The van der Waals surface area contributed by atoms with Crippen LogP contribution in [0.2, 0.25) is 0 Å². The van der Waals surface area contributed by atoms with Gasteiger partial charge in [-0.1, -0.05) is 6.07 Å². The molecule has 1 unspecified atom stereocenters. The Bertz CT molecular complexity index is 488. The lowest BCUT2D eigenvalue weighted by molar-refractivity contribution is 0.312. The first-order chi connectivity index (χ1) is 8.97. The zero-order valence-electron chi connectivity index (χ0n) is 11.6. The maximum Gasteiger partial charge on any atom is 0.282 e. The van der Waals surface area contributed by atoms with E-state index >= 15 is 0 Å². The normalized spacial score (nSPS) is 18.4. The zero-order valence-corrected chi connectivity index (χ0v) is 11.6. The molecule has 1 heterocycles. The summed E-state index contributed by atoms with van der Waals surface area (Å²) < 4.78 is 19.2. The van der Waals surface area contributed by atoms with Crippen molar-refractivity contribution in [1.29, 1.82) is 0 Å². The van der Waals surface area contributed by atoms with Crippen molar-refractivity contribution in [1.82, 2.24) is 0 Å². The van der Waals surface area contributed by atoms with Crippen LogP contribution in [0.4, 0.5) is 10.1 Å². The van der Waals surface area contributed by atoms with Crippen molar-refractivity contribution in [2.75, 3.05) is 18.1 Å². The molecule has 0 saturated heterocycles. The average Bonchev–Trinajstić information content (AvgIpc) is 2.72. The minimum absolute atomic E-state index is 0.0388. The summed E-state index contributed by atoms with van der Waals surface area (Å²) in [6.07, 6.45) is 0. The number of aliphatic imine (C=N–C) groups is 1. The fraction of sp³-hybridized carbons (Fsp3) is 0.500. The van der Waals surface area contributed by atoms with Crippen LogP contribution < -0.4 is 10.6 Å². The third-order valence-electron chi connectivity index (χ3n) is 3.18. The molecule has 1 aromatic rings. The molecule has 1 aromatic carbocycles. The molecule has 2 N–H and O–H groups in total. The molecule has 4 nitrogen and oxygen atoms in total. The molecule has 0 radical (unpaired) electrons. The summed E-state index contributed by atoms with van der Waals surface area (Å²) in [4.78, 5) is 6.18. The summed E-state index contributed by atoms with van der Waals surface area (Å²) in [7, 11) is 0. The van der Waals surface area contributed by atoms with E-state index in [1.54, 1.807) is 6.07 Å². The maximum absolute atomic E-state index is 14.1. The minimum atomic E-state index is -0.204. The number of ether oxygens (including phenoxy) is 1. The Labute approximate surface area is 113 Å². The fourth-order valence-corrected chi connectivity index (χ4v) is 2.19. The first-order valence-corrected chi connectivity index (χ1v) is 6.46. The van der Waals surface area contributed by atoms with Gasteiger partial charge in [-0.25, -0.2) is 9.38 Å². The molecule has 5 heteroatoms. The van der Waals surface area contributed by atoms with Crippen molar-refractivity contribution in [2.24, 2.45) is 10.7 Å². The van der Waals surface area contributed by atoms with Gasteiger partial charge in [-0.3, -0.25) is 0 Å². The number of rotatable bonds is 4. The smallest absolute Gasteiger partial charge is 0.282 e. The van der Waals surface area contributed by atoms with E-state index in [-0.39, 0.29) is 23.9 Å². The van der Waals surface area contributed by atoms with Gasteiger partial charge in [0.05, 0.1) is 5.69 Å². The number of aryl methyl sites for hydroxylation is 1. The molecule has 104 valence electrons. The van der Waals surface area contributed by atoms with Crippen molar-refractivity contribution in [3.8, 4) is 0 Å². The molecule has 0 aromatic heterocycles. The van der Waals surface area contributed by atoms with Crippen molar-refractivity contribution in [3.63, 3.8) is 0 Å². The highest BCUT2D eigenvalue weighted by Gasteiger charge is 2.23. The summed E-state index contributed by atoms with van der Waals surface area (Å²) in [5.41, 5.74) is 7.01. The summed E-state index contributed by atoms with van der Waals surface area (Å²) in [5.74, 6) is -0.204. The Balaban J connectivity index is 2.20. The number of nitrogens with two attached hydrogens (primary N) is 1. The maximum atomic E-state index is 14.1. The average molecular weight is 265 g/mol. The molecule has 1 aliphatic heterocycles. The van der Waals surface area contributed by atoms with Gasteiger partial charge in [0.15, 0.2) is 0 Å². The molecule has 0 fully saturated rings. The second-order valence-corrected chi connectivity index (χ2v) is 5.13. The van der Waals surface area contributed by atoms with Crippen LogP contribution in [0.1, 0.15) is 19.4 Å². The summed E-state index contributed by atoms with van der Waals surface area (Å²) in [6.45, 7) is 6.99. The number of anilines is 1. The Morgan fingerprint density at radius 1 is 1.53 bits per heavy atom. The largest absolute Gasteiger partial charge is 0.463 e. The molecule has 0 bridgehead atoms. The second-order valence-electron chi connectivity index (χ2n) is 5.13. The van der Waals surface area contributed by atoms with E-state index in [0.717, 1.165) is 5.56 Å². The molecular formula is C14H20FN3O. The summed E-state index contributed by atoms with van der Waals surface area (Å²) >= 11 is 0. The lowest BCUT2D eigenvalue weighted by Crippen LogP contribution is -2.38. The van der Waals surface area contributed by atoms with Crippen LogP contribution in [0.5, 0.6) is 0 Å². The zero-order chi connectivity index (χ0) is 14.0. The van der Waals surface area contributed by atoms with Crippen molar-refractivity contribution in [2.45, 2.75) is 32.9 Å². The van der Waals surface area contributed by atoms with Gasteiger partial charge in [0.2, 0.25) is 0 Å². The van der Waals surface area contributed by atoms with Gasteiger partial charge in [-0.2, -0.15) is 0 Å². The molecule has 0 amide bonds. The number of hydrogen-bond acceptors (Lipinski definition) is 4. The van der Waals surface area contributed by atoms with E-state index in [0.29, 0.717) is 18.8 Å². The van der Waals surface area contributed by atoms with Gasteiger partial charge in [0.25, 0.3) is 6.02 Å². The van der Waals surface area contributed by atoms with Gasteiger partial charge in [0, 0.05) is 12.6 Å². The number of hydrogen-bond donors (Lipinski definition) is 1. The fourth-order valence-electron chi connectivity index (χ4n) is 2.19. The second kappa shape index (κ2) is 5.47. The van der Waals surface area contributed by atoms with Gasteiger partial charge in [0.1, 0.15) is 18.5 Å². The molecule has 1 atom stereocenters. The van der Waals surface area contributed by atoms with E-state index < -0.39 is 0 Å². The quantitative estimate of drug-likeness (QED) is 0.906. The van der Waals surface area contributed by atoms with Crippen LogP contribution in [0, 0.1) is 12.7 Å². The van der Waals surface area contributed by atoms with Gasteiger partial charge >= 0.3 is 0 Å². The van der Waals surface area contributed by atoms with Crippen molar-refractivity contribution < 1.29 is 9.13 Å². The van der Waals surface area contributed by atoms with Gasteiger partial charge in [-0.15, -0.1) is 0 Å². The summed E-state index contributed by atoms with van der Waals surface area (Å²) in [6, 6.07) is 5.63. The van der Waals surface area contributed by atoms with E-state index in [1.165, 1.54) is 0 Å². The summed E-state index contributed by atoms with van der Waals surface area (Å²) in [5, 5.41) is 0. The van der Waals surface area contributed by atoms with Crippen LogP contribution in [0.25, 0.3) is 0 Å². The molecular weight excluding hydrogens is 245 g/mol. The minimum Gasteiger partial charge on any atom is -0.463 e. The van der Waals surface area contributed by atoms with E-state index in [1.807, 2.05) is 37.8 Å². The Kier molecular flexibility index (Phi) is 3.93. The van der Waals surface area contributed by atoms with Crippen LogP contribution in [-0.4, -0.2) is 31.3 Å². The van der Waals surface area contributed by atoms with Crippen molar-refractivity contribution >= 4 is 11.7 Å². The molecule has 0 aliphatic carbocycles. The molecule has 2 rings (SSSR count). The predicted molar refractivity (Wildman–Crippen MR) is 75.0 cm³/mol.